The number of benzene rings is 1. The predicted octanol–water partition coefficient (Wildman–Crippen LogP) is 4.99. The maximum Gasteiger partial charge on any atom is 0.165 e. The summed E-state index contributed by atoms with van der Waals surface area (Å²) in [7, 11) is 1.65. The van der Waals surface area contributed by atoms with Gasteiger partial charge in [0.1, 0.15) is 6.61 Å². The normalized spacial score (nSPS) is 10.4. The predicted molar refractivity (Wildman–Crippen MR) is 82.0 cm³/mol. The molecule has 2 nitrogen and oxygen atoms in total. The second-order valence-corrected chi connectivity index (χ2v) is 5.98. The van der Waals surface area contributed by atoms with Gasteiger partial charge in [-0.2, -0.15) is 0 Å². The highest BCUT2D eigenvalue weighted by Crippen LogP contribution is 2.34. The van der Waals surface area contributed by atoms with Crippen LogP contribution in [0.3, 0.4) is 0 Å². The van der Waals surface area contributed by atoms with Crippen molar-refractivity contribution in [3.63, 3.8) is 0 Å². The minimum absolute atomic E-state index is 0.540. The molecule has 1 aromatic heterocycles. The van der Waals surface area contributed by atoms with Crippen LogP contribution in [0.4, 0.5) is 0 Å². The Morgan fingerprint density at radius 3 is 2.72 bits per heavy atom. The summed E-state index contributed by atoms with van der Waals surface area (Å²) in [5.41, 5.74) is 1.09. The average molecular weight is 392 g/mol. The van der Waals surface area contributed by atoms with Crippen LogP contribution in [0.1, 0.15) is 10.4 Å². The van der Waals surface area contributed by atoms with Gasteiger partial charge in [-0.3, -0.25) is 0 Å². The van der Waals surface area contributed by atoms with Gasteiger partial charge in [0.15, 0.2) is 11.5 Å². The molecule has 0 unspecified atom stereocenters. The van der Waals surface area contributed by atoms with Crippen LogP contribution in [0.5, 0.6) is 11.5 Å². The standard InChI is InChI=1S/C13H12Br2O2S/c1-16-11-4-2-3-9(7-14)13(11)17-8-12-10(15)5-6-18-12/h2-6H,7-8H2,1H3. The summed E-state index contributed by atoms with van der Waals surface area (Å²) >= 11 is 8.63. The minimum Gasteiger partial charge on any atom is -0.493 e. The van der Waals surface area contributed by atoms with Crippen LogP contribution < -0.4 is 9.47 Å². The van der Waals surface area contributed by atoms with E-state index in [9.17, 15) is 0 Å². The Hall–Kier alpha value is -0.520. The number of rotatable bonds is 5. The molecule has 1 aromatic carbocycles. The molecule has 18 heavy (non-hydrogen) atoms. The van der Waals surface area contributed by atoms with Crippen LogP contribution in [-0.2, 0) is 11.9 Å². The van der Waals surface area contributed by atoms with E-state index >= 15 is 0 Å². The molecule has 1 heterocycles. The molecule has 0 aliphatic rings. The van der Waals surface area contributed by atoms with Crippen molar-refractivity contribution in [1.82, 2.24) is 0 Å². The number of halogens is 2. The lowest BCUT2D eigenvalue weighted by atomic mass is 10.2. The maximum absolute atomic E-state index is 5.90. The van der Waals surface area contributed by atoms with Gasteiger partial charge in [-0.1, -0.05) is 28.1 Å². The molecule has 5 heteroatoms. The molecule has 0 aliphatic carbocycles. The second-order valence-electron chi connectivity index (χ2n) is 3.56. The van der Waals surface area contributed by atoms with E-state index in [0.29, 0.717) is 6.61 Å². The van der Waals surface area contributed by atoms with Crippen LogP contribution in [0.15, 0.2) is 34.1 Å². The van der Waals surface area contributed by atoms with Crippen molar-refractivity contribution in [2.24, 2.45) is 0 Å². The van der Waals surface area contributed by atoms with Crippen LogP contribution >= 0.6 is 43.2 Å². The van der Waals surface area contributed by atoms with Gasteiger partial charge in [-0.05, 0) is 33.4 Å². The van der Waals surface area contributed by atoms with Gasteiger partial charge in [-0.15, -0.1) is 11.3 Å². The van der Waals surface area contributed by atoms with E-state index in [4.69, 9.17) is 9.47 Å². The minimum atomic E-state index is 0.540. The number of methoxy groups -OCH3 is 1. The highest BCUT2D eigenvalue weighted by molar-refractivity contribution is 9.10. The summed E-state index contributed by atoms with van der Waals surface area (Å²) in [5.74, 6) is 1.57. The van der Waals surface area contributed by atoms with Gasteiger partial charge >= 0.3 is 0 Å². The van der Waals surface area contributed by atoms with Crippen LogP contribution in [0.25, 0.3) is 0 Å². The first-order chi connectivity index (χ1) is 8.76. The molecular weight excluding hydrogens is 380 g/mol. The Morgan fingerprint density at radius 2 is 2.11 bits per heavy atom. The fourth-order valence-electron chi connectivity index (χ4n) is 1.56. The lowest BCUT2D eigenvalue weighted by molar-refractivity contribution is 0.284. The molecule has 0 saturated heterocycles. The monoisotopic (exact) mass is 390 g/mol. The van der Waals surface area contributed by atoms with Gasteiger partial charge in [0.2, 0.25) is 0 Å². The zero-order valence-corrected chi connectivity index (χ0v) is 13.8. The van der Waals surface area contributed by atoms with E-state index in [1.165, 1.54) is 4.88 Å². The van der Waals surface area contributed by atoms with Gasteiger partial charge in [0.25, 0.3) is 0 Å². The lowest BCUT2D eigenvalue weighted by Gasteiger charge is -2.13. The van der Waals surface area contributed by atoms with Crippen LogP contribution in [0.2, 0.25) is 0 Å². The first-order valence-electron chi connectivity index (χ1n) is 5.32. The number of thiophene rings is 1. The molecule has 0 N–H and O–H groups in total. The third-order valence-electron chi connectivity index (χ3n) is 2.46. The average Bonchev–Trinajstić information content (AvgIpc) is 2.81. The molecule has 0 radical (unpaired) electrons. The second kappa shape index (κ2) is 6.59. The van der Waals surface area contributed by atoms with E-state index in [0.717, 1.165) is 26.9 Å². The van der Waals surface area contributed by atoms with Gasteiger partial charge in [0.05, 0.1) is 12.0 Å². The Morgan fingerprint density at radius 1 is 1.28 bits per heavy atom. The Labute approximate surface area is 127 Å². The largest absolute Gasteiger partial charge is 0.493 e. The Balaban J connectivity index is 2.20. The highest BCUT2D eigenvalue weighted by Gasteiger charge is 2.11. The fourth-order valence-corrected chi connectivity index (χ4v) is 3.38. The first-order valence-corrected chi connectivity index (χ1v) is 8.12. The molecule has 0 saturated carbocycles. The van der Waals surface area contributed by atoms with E-state index in [1.807, 2.05) is 29.6 Å². The third-order valence-corrected chi connectivity index (χ3v) is 4.97. The number of ether oxygens (including phenoxy) is 2. The summed E-state index contributed by atoms with van der Waals surface area (Å²) < 4.78 is 12.3. The smallest absolute Gasteiger partial charge is 0.165 e. The number of alkyl halides is 1. The lowest BCUT2D eigenvalue weighted by Crippen LogP contribution is -1.99. The van der Waals surface area contributed by atoms with Crippen molar-refractivity contribution in [1.29, 1.82) is 0 Å². The zero-order chi connectivity index (χ0) is 13.0. The van der Waals surface area contributed by atoms with Gasteiger partial charge in [-0.25, -0.2) is 0 Å². The van der Waals surface area contributed by atoms with Gasteiger partial charge in [0, 0.05) is 15.4 Å². The highest BCUT2D eigenvalue weighted by atomic mass is 79.9. The maximum atomic E-state index is 5.90. The topological polar surface area (TPSA) is 18.5 Å². The molecule has 0 atom stereocenters. The van der Waals surface area contributed by atoms with Gasteiger partial charge < -0.3 is 9.47 Å². The van der Waals surface area contributed by atoms with E-state index in [2.05, 4.69) is 31.9 Å². The third kappa shape index (κ3) is 3.08. The molecule has 0 aliphatic heterocycles. The molecular formula is C13H12Br2O2S. The first kappa shape index (κ1) is 13.9. The van der Waals surface area contributed by atoms with Crippen molar-refractivity contribution >= 4 is 43.2 Å². The quantitative estimate of drug-likeness (QED) is 0.668. The number of hydrogen-bond donors (Lipinski definition) is 0. The van der Waals surface area contributed by atoms with E-state index < -0.39 is 0 Å². The summed E-state index contributed by atoms with van der Waals surface area (Å²) in [4.78, 5) is 1.17. The molecule has 96 valence electrons. The van der Waals surface area contributed by atoms with Crippen molar-refractivity contribution in [2.45, 2.75) is 11.9 Å². The molecule has 0 fully saturated rings. The van der Waals surface area contributed by atoms with Crippen molar-refractivity contribution < 1.29 is 9.47 Å². The number of hydrogen-bond acceptors (Lipinski definition) is 3. The fraction of sp³-hybridized carbons (Fsp3) is 0.231. The van der Waals surface area contributed by atoms with Crippen LogP contribution in [0, 0.1) is 0 Å². The summed E-state index contributed by atoms with van der Waals surface area (Å²) in [6.45, 7) is 0.540. The SMILES string of the molecule is COc1cccc(CBr)c1OCc1sccc1Br. The van der Waals surface area contributed by atoms with Crippen molar-refractivity contribution in [3.8, 4) is 11.5 Å². The van der Waals surface area contributed by atoms with Crippen LogP contribution in [-0.4, -0.2) is 7.11 Å². The molecule has 0 amide bonds. The number of para-hydroxylation sites is 1. The Kier molecular flexibility index (Phi) is 5.09. The van der Waals surface area contributed by atoms with Crippen molar-refractivity contribution in [3.05, 3.63) is 44.6 Å². The molecule has 2 rings (SSSR count). The molecule has 2 aromatic rings. The zero-order valence-electron chi connectivity index (χ0n) is 9.78. The van der Waals surface area contributed by atoms with E-state index in [1.54, 1.807) is 18.4 Å². The molecule has 0 bridgehead atoms. The summed E-state index contributed by atoms with van der Waals surface area (Å²) in [6.07, 6.45) is 0. The molecule has 0 spiro atoms. The summed E-state index contributed by atoms with van der Waals surface area (Å²) in [6, 6.07) is 7.92. The van der Waals surface area contributed by atoms with E-state index in [-0.39, 0.29) is 0 Å². The Bertz CT molecular complexity index is 503. The summed E-state index contributed by atoms with van der Waals surface area (Å²) in [5, 5.41) is 2.78. The van der Waals surface area contributed by atoms with Crippen molar-refractivity contribution in [2.75, 3.05) is 7.11 Å².